The van der Waals surface area contributed by atoms with Crippen LogP contribution in [0, 0.1) is 0 Å². The third-order valence-electron chi connectivity index (χ3n) is 2.18. The van der Waals surface area contributed by atoms with Gasteiger partial charge in [-0.1, -0.05) is 39.0 Å². The summed E-state index contributed by atoms with van der Waals surface area (Å²) < 4.78 is 5.58. The molecule has 0 aliphatic heterocycles. The van der Waals surface area contributed by atoms with Crippen molar-refractivity contribution < 1.29 is 9.84 Å². The summed E-state index contributed by atoms with van der Waals surface area (Å²) in [6.45, 7) is 8.51. The predicted molar refractivity (Wildman–Crippen MR) is 62.3 cm³/mol. The molecule has 1 rings (SSSR count). The maximum absolute atomic E-state index is 9.18. The van der Waals surface area contributed by atoms with Crippen LogP contribution in [0.4, 0.5) is 0 Å². The molecular weight excluding hydrogens is 188 g/mol. The SMILES string of the molecule is CC(O)COc1ccccc1C(C)(C)C. The number of ether oxygens (including phenoxy) is 1. The standard InChI is InChI=1S/C13H20O2/c1-10(14)9-15-12-8-6-5-7-11(12)13(2,3)4/h5-8,10,14H,9H2,1-4H3. The van der Waals surface area contributed by atoms with Gasteiger partial charge in [0.1, 0.15) is 12.4 Å². The second-order valence-corrected chi connectivity index (χ2v) is 4.91. The van der Waals surface area contributed by atoms with Crippen LogP contribution in [0.3, 0.4) is 0 Å². The van der Waals surface area contributed by atoms with Crippen LogP contribution in [0.15, 0.2) is 24.3 Å². The highest BCUT2D eigenvalue weighted by molar-refractivity contribution is 5.38. The van der Waals surface area contributed by atoms with E-state index < -0.39 is 6.10 Å². The summed E-state index contributed by atoms with van der Waals surface area (Å²) in [7, 11) is 0. The fourth-order valence-corrected chi connectivity index (χ4v) is 1.42. The highest BCUT2D eigenvalue weighted by atomic mass is 16.5. The molecule has 1 N–H and O–H groups in total. The van der Waals surface area contributed by atoms with E-state index in [0.717, 1.165) is 5.75 Å². The number of aliphatic hydroxyl groups excluding tert-OH is 1. The van der Waals surface area contributed by atoms with Crippen LogP contribution in [0.5, 0.6) is 5.75 Å². The average Bonchev–Trinajstić information content (AvgIpc) is 2.13. The smallest absolute Gasteiger partial charge is 0.123 e. The fraction of sp³-hybridized carbons (Fsp3) is 0.538. The summed E-state index contributed by atoms with van der Waals surface area (Å²) in [5, 5.41) is 9.18. The topological polar surface area (TPSA) is 29.5 Å². The van der Waals surface area contributed by atoms with Gasteiger partial charge in [0.05, 0.1) is 6.10 Å². The van der Waals surface area contributed by atoms with Crippen LogP contribution in [-0.4, -0.2) is 17.8 Å². The molecule has 1 aromatic rings. The molecule has 0 amide bonds. The van der Waals surface area contributed by atoms with E-state index in [-0.39, 0.29) is 5.41 Å². The van der Waals surface area contributed by atoms with Crippen molar-refractivity contribution in [1.82, 2.24) is 0 Å². The van der Waals surface area contributed by atoms with Crippen molar-refractivity contribution in [3.05, 3.63) is 29.8 Å². The normalized spacial score (nSPS) is 13.7. The first-order chi connectivity index (χ1) is 6.91. The molecule has 1 unspecified atom stereocenters. The molecule has 1 atom stereocenters. The first kappa shape index (κ1) is 12.1. The first-order valence-corrected chi connectivity index (χ1v) is 5.31. The monoisotopic (exact) mass is 208 g/mol. The first-order valence-electron chi connectivity index (χ1n) is 5.31. The predicted octanol–water partition coefficient (Wildman–Crippen LogP) is 2.74. The van der Waals surface area contributed by atoms with Crippen molar-refractivity contribution in [2.24, 2.45) is 0 Å². The lowest BCUT2D eigenvalue weighted by Crippen LogP contribution is -2.17. The van der Waals surface area contributed by atoms with Crippen molar-refractivity contribution in [3.63, 3.8) is 0 Å². The number of hydrogen-bond donors (Lipinski definition) is 1. The Kier molecular flexibility index (Phi) is 3.75. The lowest BCUT2D eigenvalue weighted by atomic mass is 9.86. The van der Waals surface area contributed by atoms with Gasteiger partial charge in [-0.15, -0.1) is 0 Å². The third-order valence-corrected chi connectivity index (χ3v) is 2.18. The molecule has 1 aromatic carbocycles. The van der Waals surface area contributed by atoms with Crippen LogP contribution in [0.1, 0.15) is 33.3 Å². The van der Waals surface area contributed by atoms with Crippen LogP contribution < -0.4 is 4.74 Å². The molecule has 2 nitrogen and oxygen atoms in total. The molecule has 0 saturated heterocycles. The van der Waals surface area contributed by atoms with Crippen molar-refractivity contribution in [1.29, 1.82) is 0 Å². The minimum Gasteiger partial charge on any atom is -0.491 e. The van der Waals surface area contributed by atoms with E-state index in [1.807, 2.05) is 18.2 Å². The number of benzene rings is 1. The van der Waals surface area contributed by atoms with Gasteiger partial charge in [-0.2, -0.15) is 0 Å². The van der Waals surface area contributed by atoms with Crippen molar-refractivity contribution >= 4 is 0 Å². The molecule has 0 radical (unpaired) electrons. The van der Waals surface area contributed by atoms with E-state index in [1.165, 1.54) is 5.56 Å². The summed E-state index contributed by atoms with van der Waals surface area (Å²) in [6.07, 6.45) is -0.432. The lowest BCUT2D eigenvalue weighted by Gasteiger charge is -2.23. The Morgan fingerprint density at radius 2 is 1.87 bits per heavy atom. The number of para-hydroxylation sites is 1. The highest BCUT2D eigenvalue weighted by Gasteiger charge is 2.18. The Morgan fingerprint density at radius 1 is 1.27 bits per heavy atom. The summed E-state index contributed by atoms with van der Waals surface area (Å²) >= 11 is 0. The Bertz CT molecular complexity index is 311. The zero-order valence-corrected chi connectivity index (χ0v) is 9.95. The van der Waals surface area contributed by atoms with Crippen LogP contribution in [-0.2, 0) is 5.41 Å². The quantitative estimate of drug-likeness (QED) is 0.827. The average molecular weight is 208 g/mol. The Labute approximate surface area is 91.9 Å². The second-order valence-electron chi connectivity index (χ2n) is 4.91. The summed E-state index contributed by atoms with van der Waals surface area (Å²) in [5.41, 5.74) is 1.24. The molecule has 15 heavy (non-hydrogen) atoms. The zero-order valence-electron chi connectivity index (χ0n) is 9.95. The van der Waals surface area contributed by atoms with Crippen LogP contribution in [0.25, 0.3) is 0 Å². The molecule has 0 aliphatic rings. The molecule has 0 bridgehead atoms. The summed E-state index contributed by atoms with van der Waals surface area (Å²) in [6, 6.07) is 7.97. The highest BCUT2D eigenvalue weighted by Crippen LogP contribution is 2.30. The van der Waals surface area contributed by atoms with Gasteiger partial charge >= 0.3 is 0 Å². The van der Waals surface area contributed by atoms with E-state index >= 15 is 0 Å². The number of hydrogen-bond acceptors (Lipinski definition) is 2. The van der Waals surface area contributed by atoms with E-state index in [2.05, 4.69) is 26.8 Å². The molecule has 0 aromatic heterocycles. The maximum atomic E-state index is 9.18. The molecule has 84 valence electrons. The van der Waals surface area contributed by atoms with Crippen LogP contribution >= 0.6 is 0 Å². The lowest BCUT2D eigenvalue weighted by molar-refractivity contribution is 0.121. The van der Waals surface area contributed by atoms with Crippen LogP contribution in [0.2, 0.25) is 0 Å². The Morgan fingerprint density at radius 3 is 2.40 bits per heavy atom. The number of rotatable bonds is 3. The fourth-order valence-electron chi connectivity index (χ4n) is 1.42. The molecular formula is C13H20O2. The van der Waals surface area contributed by atoms with Gasteiger partial charge in [-0.3, -0.25) is 0 Å². The van der Waals surface area contributed by atoms with Gasteiger partial charge in [0, 0.05) is 0 Å². The van der Waals surface area contributed by atoms with Gasteiger partial charge < -0.3 is 9.84 Å². The second kappa shape index (κ2) is 4.67. The van der Waals surface area contributed by atoms with E-state index in [0.29, 0.717) is 6.61 Å². The maximum Gasteiger partial charge on any atom is 0.123 e. The Hall–Kier alpha value is -1.02. The minimum atomic E-state index is -0.432. The van der Waals surface area contributed by atoms with Gasteiger partial charge in [-0.25, -0.2) is 0 Å². The van der Waals surface area contributed by atoms with Crippen molar-refractivity contribution in [2.75, 3.05) is 6.61 Å². The van der Waals surface area contributed by atoms with E-state index in [9.17, 15) is 5.11 Å². The summed E-state index contributed by atoms with van der Waals surface area (Å²) in [5.74, 6) is 0.867. The van der Waals surface area contributed by atoms with E-state index in [1.54, 1.807) is 6.92 Å². The van der Waals surface area contributed by atoms with Gasteiger partial charge in [-0.05, 0) is 24.0 Å². The molecule has 0 fully saturated rings. The summed E-state index contributed by atoms with van der Waals surface area (Å²) in [4.78, 5) is 0. The molecule has 0 saturated carbocycles. The minimum absolute atomic E-state index is 0.0648. The largest absolute Gasteiger partial charge is 0.491 e. The molecule has 2 heteroatoms. The van der Waals surface area contributed by atoms with Crippen molar-refractivity contribution in [3.8, 4) is 5.75 Å². The zero-order chi connectivity index (χ0) is 11.5. The van der Waals surface area contributed by atoms with Crippen molar-refractivity contribution in [2.45, 2.75) is 39.2 Å². The van der Waals surface area contributed by atoms with Gasteiger partial charge in [0.25, 0.3) is 0 Å². The molecule has 0 aliphatic carbocycles. The molecule has 0 spiro atoms. The van der Waals surface area contributed by atoms with Gasteiger partial charge in [0.2, 0.25) is 0 Å². The van der Waals surface area contributed by atoms with Gasteiger partial charge in [0.15, 0.2) is 0 Å². The molecule has 0 heterocycles. The van der Waals surface area contributed by atoms with E-state index in [4.69, 9.17) is 4.74 Å². The third kappa shape index (κ3) is 3.56. The number of aliphatic hydroxyl groups is 1. The Balaban J connectivity index is 2.87.